The van der Waals surface area contributed by atoms with Gasteiger partial charge in [0.1, 0.15) is 4.90 Å². The molecule has 112 valence electrons. The Kier molecular flexibility index (Phi) is 6.48. The summed E-state index contributed by atoms with van der Waals surface area (Å²) in [5.74, 6) is 0. The summed E-state index contributed by atoms with van der Waals surface area (Å²) >= 11 is 6.06. The van der Waals surface area contributed by atoms with Gasteiger partial charge in [-0.3, -0.25) is 0 Å². The zero-order chi connectivity index (χ0) is 13.9. The number of nitrogens with one attached hydrogen (secondary N) is 2. The van der Waals surface area contributed by atoms with Crippen LogP contribution >= 0.6 is 24.0 Å². The van der Waals surface area contributed by atoms with Crippen LogP contribution in [0.15, 0.2) is 34.7 Å². The predicted octanol–water partition coefficient (Wildman–Crippen LogP) is 2.27. The summed E-state index contributed by atoms with van der Waals surface area (Å²) in [6.07, 6.45) is 2.88. The van der Waals surface area contributed by atoms with Crippen LogP contribution in [0.1, 0.15) is 12.0 Å². The van der Waals surface area contributed by atoms with Crippen LogP contribution in [-0.2, 0) is 10.0 Å². The third-order valence-electron chi connectivity index (χ3n) is 3.09. The zero-order valence-electron chi connectivity index (χ0n) is 11.1. The summed E-state index contributed by atoms with van der Waals surface area (Å²) in [7, 11) is -3.56. The lowest BCUT2D eigenvalue weighted by Crippen LogP contribution is -2.30. The number of aryl methyl sites for hydroxylation is 1. The molecular formula is C13H18Cl2N2O2S. The fourth-order valence-corrected chi connectivity index (χ4v) is 3.54. The van der Waals surface area contributed by atoms with E-state index in [1.54, 1.807) is 19.1 Å². The van der Waals surface area contributed by atoms with Crippen molar-refractivity contribution in [1.29, 1.82) is 0 Å². The lowest BCUT2D eigenvalue weighted by atomic mass is 10.1. The topological polar surface area (TPSA) is 58.2 Å². The van der Waals surface area contributed by atoms with E-state index in [1.807, 2.05) is 6.08 Å². The molecule has 2 rings (SSSR count). The molecule has 0 amide bonds. The highest BCUT2D eigenvalue weighted by Crippen LogP contribution is 2.24. The minimum absolute atomic E-state index is 0. The average molecular weight is 337 g/mol. The fourth-order valence-electron chi connectivity index (χ4n) is 1.92. The Morgan fingerprint density at radius 2 is 2.15 bits per heavy atom. The van der Waals surface area contributed by atoms with Gasteiger partial charge in [0, 0.05) is 13.1 Å². The van der Waals surface area contributed by atoms with Crippen molar-refractivity contribution in [3.05, 3.63) is 40.4 Å². The molecule has 0 unspecified atom stereocenters. The van der Waals surface area contributed by atoms with E-state index in [-0.39, 0.29) is 22.3 Å². The number of hydrogen-bond donors (Lipinski definition) is 2. The van der Waals surface area contributed by atoms with Crippen LogP contribution in [-0.4, -0.2) is 28.1 Å². The van der Waals surface area contributed by atoms with Gasteiger partial charge in [-0.2, -0.15) is 0 Å². The molecule has 7 heteroatoms. The van der Waals surface area contributed by atoms with Gasteiger partial charge in [0.25, 0.3) is 0 Å². The van der Waals surface area contributed by atoms with Gasteiger partial charge in [-0.15, -0.1) is 12.4 Å². The van der Waals surface area contributed by atoms with Crippen molar-refractivity contribution in [3.8, 4) is 0 Å². The summed E-state index contributed by atoms with van der Waals surface area (Å²) in [6.45, 7) is 3.81. The Hall–Kier alpha value is -0.590. The number of sulfonamides is 1. The average Bonchev–Trinajstić information content (AvgIpc) is 2.41. The summed E-state index contributed by atoms with van der Waals surface area (Å²) in [5.41, 5.74) is 1.86. The summed E-state index contributed by atoms with van der Waals surface area (Å²) in [5, 5.41) is 3.47. The number of benzene rings is 1. The molecular weight excluding hydrogens is 319 g/mol. The molecule has 0 saturated carbocycles. The summed E-state index contributed by atoms with van der Waals surface area (Å²) in [6, 6.07) is 5.00. The van der Waals surface area contributed by atoms with E-state index >= 15 is 0 Å². The maximum atomic E-state index is 12.2. The lowest BCUT2D eigenvalue weighted by molar-refractivity contribution is 0.582. The lowest BCUT2D eigenvalue weighted by Gasteiger charge is -2.15. The summed E-state index contributed by atoms with van der Waals surface area (Å²) < 4.78 is 27.0. The molecule has 0 aromatic heterocycles. The van der Waals surface area contributed by atoms with E-state index in [1.165, 1.54) is 6.07 Å². The maximum absolute atomic E-state index is 12.2. The molecule has 1 aliphatic heterocycles. The molecule has 1 aromatic carbocycles. The SMILES string of the molecule is Cc1cccc(S(=O)(=O)NCC2=CCNCC2)c1Cl.Cl. The first-order valence-electron chi connectivity index (χ1n) is 6.14. The van der Waals surface area contributed by atoms with E-state index in [9.17, 15) is 8.42 Å². The van der Waals surface area contributed by atoms with Crippen LogP contribution in [0.3, 0.4) is 0 Å². The van der Waals surface area contributed by atoms with E-state index in [4.69, 9.17) is 11.6 Å². The maximum Gasteiger partial charge on any atom is 0.242 e. The second-order valence-electron chi connectivity index (χ2n) is 4.53. The standard InChI is InChI=1S/C13H17ClN2O2S.ClH/c1-10-3-2-4-12(13(10)14)19(17,18)16-9-11-5-7-15-8-6-11;/h2-5,15-16H,6-9H2,1H3;1H. The van der Waals surface area contributed by atoms with Crippen LogP contribution in [0.5, 0.6) is 0 Å². The van der Waals surface area contributed by atoms with Crippen LogP contribution < -0.4 is 10.0 Å². The van der Waals surface area contributed by atoms with Gasteiger partial charge < -0.3 is 5.32 Å². The van der Waals surface area contributed by atoms with Crippen molar-refractivity contribution in [2.75, 3.05) is 19.6 Å². The van der Waals surface area contributed by atoms with Gasteiger partial charge in [-0.1, -0.05) is 35.4 Å². The van der Waals surface area contributed by atoms with E-state index in [0.717, 1.165) is 30.6 Å². The number of halogens is 2. The molecule has 1 aromatic rings. The van der Waals surface area contributed by atoms with Gasteiger partial charge >= 0.3 is 0 Å². The highest BCUT2D eigenvalue weighted by Gasteiger charge is 2.19. The molecule has 0 aliphatic carbocycles. The van der Waals surface area contributed by atoms with Crippen molar-refractivity contribution in [2.45, 2.75) is 18.2 Å². The first-order chi connectivity index (χ1) is 9.00. The molecule has 0 bridgehead atoms. The second-order valence-corrected chi connectivity index (χ2v) is 6.64. The number of hydrogen-bond acceptors (Lipinski definition) is 3. The smallest absolute Gasteiger partial charge is 0.242 e. The molecule has 4 nitrogen and oxygen atoms in total. The van der Waals surface area contributed by atoms with Gasteiger partial charge in [0.2, 0.25) is 10.0 Å². The monoisotopic (exact) mass is 336 g/mol. The Labute approximate surface area is 131 Å². The van der Waals surface area contributed by atoms with Crippen molar-refractivity contribution in [2.24, 2.45) is 0 Å². The van der Waals surface area contributed by atoms with Crippen LogP contribution in [0, 0.1) is 6.92 Å². The molecule has 20 heavy (non-hydrogen) atoms. The van der Waals surface area contributed by atoms with Gasteiger partial charge in [0.15, 0.2) is 0 Å². The Balaban J connectivity index is 0.00000200. The second kappa shape index (κ2) is 7.43. The molecule has 1 heterocycles. The minimum Gasteiger partial charge on any atom is -0.313 e. The quantitative estimate of drug-likeness (QED) is 0.829. The predicted molar refractivity (Wildman–Crippen MR) is 84.2 cm³/mol. The van der Waals surface area contributed by atoms with Crippen molar-refractivity contribution >= 4 is 34.0 Å². The summed E-state index contributed by atoms with van der Waals surface area (Å²) in [4.78, 5) is 0.142. The zero-order valence-corrected chi connectivity index (χ0v) is 13.5. The molecule has 0 radical (unpaired) electrons. The van der Waals surface area contributed by atoms with Crippen molar-refractivity contribution < 1.29 is 8.42 Å². The normalized spacial score (nSPS) is 15.4. The first-order valence-corrected chi connectivity index (χ1v) is 8.00. The Bertz CT molecular complexity index is 600. The van der Waals surface area contributed by atoms with Crippen molar-refractivity contribution in [1.82, 2.24) is 10.0 Å². The van der Waals surface area contributed by atoms with Gasteiger partial charge in [-0.25, -0.2) is 13.1 Å². The van der Waals surface area contributed by atoms with Crippen LogP contribution in [0.4, 0.5) is 0 Å². The first kappa shape index (κ1) is 17.5. The molecule has 2 N–H and O–H groups in total. The van der Waals surface area contributed by atoms with E-state index in [2.05, 4.69) is 10.0 Å². The highest BCUT2D eigenvalue weighted by atomic mass is 35.5. The minimum atomic E-state index is -3.56. The third kappa shape index (κ3) is 4.20. The van der Waals surface area contributed by atoms with Gasteiger partial charge in [-0.05, 0) is 31.5 Å². The van der Waals surface area contributed by atoms with Gasteiger partial charge in [0.05, 0.1) is 5.02 Å². The highest BCUT2D eigenvalue weighted by molar-refractivity contribution is 7.89. The molecule has 0 spiro atoms. The Morgan fingerprint density at radius 3 is 2.80 bits per heavy atom. The molecule has 0 fully saturated rings. The largest absolute Gasteiger partial charge is 0.313 e. The van der Waals surface area contributed by atoms with Crippen LogP contribution in [0.25, 0.3) is 0 Å². The van der Waals surface area contributed by atoms with E-state index in [0.29, 0.717) is 6.54 Å². The number of rotatable bonds is 4. The van der Waals surface area contributed by atoms with Crippen LogP contribution in [0.2, 0.25) is 5.02 Å². The van der Waals surface area contributed by atoms with Crippen molar-refractivity contribution in [3.63, 3.8) is 0 Å². The molecule has 1 aliphatic rings. The molecule has 0 atom stereocenters. The Morgan fingerprint density at radius 1 is 1.40 bits per heavy atom. The fraction of sp³-hybridized carbons (Fsp3) is 0.385. The van der Waals surface area contributed by atoms with E-state index < -0.39 is 10.0 Å². The third-order valence-corrected chi connectivity index (χ3v) is 5.15. The molecule has 0 saturated heterocycles.